The van der Waals surface area contributed by atoms with Crippen molar-refractivity contribution in [1.82, 2.24) is 4.98 Å². The lowest BCUT2D eigenvalue weighted by Gasteiger charge is -2.06. The van der Waals surface area contributed by atoms with Crippen molar-refractivity contribution < 1.29 is 22.7 Å². The standard InChI is InChI=1S/C8H5F3INO2/c1-15-8(14)4-2-3(9)5(6(10)11)7(12)13-4/h2,6H,1H3. The van der Waals surface area contributed by atoms with Crippen LogP contribution in [0.1, 0.15) is 22.5 Å². The van der Waals surface area contributed by atoms with Crippen molar-refractivity contribution in [2.45, 2.75) is 6.43 Å². The van der Waals surface area contributed by atoms with Crippen LogP contribution in [0.3, 0.4) is 0 Å². The molecule has 0 fully saturated rings. The zero-order valence-corrected chi connectivity index (χ0v) is 9.59. The predicted octanol–water partition coefficient (Wildman–Crippen LogP) is 2.55. The fourth-order valence-electron chi connectivity index (χ4n) is 0.898. The van der Waals surface area contributed by atoms with E-state index >= 15 is 0 Å². The first-order chi connectivity index (χ1) is 6.97. The van der Waals surface area contributed by atoms with Crippen molar-refractivity contribution >= 4 is 28.6 Å². The van der Waals surface area contributed by atoms with Gasteiger partial charge in [-0.05, 0) is 22.6 Å². The Morgan fingerprint density at radius 2 is 2.20 bits per heavy atom. The summed E-state index contributed by atoms with van der Waals surface area (Å²) in [6, 6.07) is 0.634. The van der Waals surface area contributed by atoms with Crippen LogP contribution in [0.15, 0.2) is 6.07 Å². The Labute approximate surface area is 96.8 Å². The van der Waals surface area contributed by atoms with Crippen LogP contribution in [0, 0.1) is 9.52 Å². The van der Waals surface area contributed by atoms with Crippen molar-refractivity contribution in [2.24, 2.45) is 0 Å². The molecule has 0 aromatic carbocycles. The number of nitrogens with zero attached hydrogens (tertiary/aromatic N) is 1. The molecule has 0 radical (unpaired) electrons. The molecule has 82 valence electrons. The molecule has 0 bridgehead atoms. The number of ether oxygens (including phenoxy) is 1. The van der Waals surface area contributed by atoms with E-state index < -0.39 is 23.8 Å². The molecule has 1 heterocycles. The van der Waals surface area contributed by atoms with Crippen molar-refractivity contribution in [3.05, 3.63) is 26.8 Å². The van der Waals surface area contributed by atoms with E-state index in [1.54, 1.807) is 0 Å². The van der Waals surface area contributed by atoms with E-state index in [2.05, 4.69) is 9.72 Å². The molecule has 1 rings (SSSR count). The van der Waals surface area contributed by atoms with Crippen molar-refractivity contribution in [3.63, 3.8) is 0 Å². The summed E-state index contributed by atoms with van der Waals surface area (Å²) in [6.45, 7) is 0. The summed E-state index contributed by atoms with van der Waals surface area (Å²) in [5, 5.41) is 0. The van der Waals surface area contributed by atoms with Gasteiger partial charge in [0.2, 0.25) is 0 Å². The summed E-state index contributed by atoms with van der Waals surface area (Å²) in [4.78, 5) is 14.5. The normalized spacial score (nSPS) is 10.5. The maximum Gasteiger partial charge on any atom is 0.356 e. The first kappa shape index (κ1) is 12.2. The van der Waals surface area contributed by atoms with Gasteiger partial charge in [0.15, 0.2) is 5.69 Å². The fraction of sp³-hybridized carbons (Fsp3) is 0.250. The lowest BCUT2D eigenvalue weighted by Crippen LogP contribution is -2.09. The molecule has 0 aliphatic carbocycles. The Morgan fingerprint density at radius 3 is 2.60 bits per heavy atom. The van der Waals surface area contributed by atoms with E-state index in [4.69, 9.17) is 0 Å². The van der Waals surface area contributed by atoms with Gasteiger partial charge in [0.1, 0.15) is 9.52 Å². The second kappa shape index (κ2) is 4.77. The number of alkyl halides is 2. The molecule has 0 amide bonds. The highest BCUT2D eigenvalue weighted by Crippen LogP contribution is 2.26. The average molecular weight is 331 g/mol. The number of aromatic nitrogens is 1. The smallest absolute Gasteiger partial charge is 0.356 e. The third-order valence-electron chi connectivity index (χ3n) is 1.57. The molecule has 0 aliphatic heterocycles. The third kappa shape index (κ3) is 2.58. The van der Waals surface area contributed by atoms with Crippen LogP contribution in [-0.2, 0) is 4.74 Å². The van der Waals surface area contributed by atoms with E-state index in [0.29, 0.717) is 6.07 Å². The van der Waals surface area contributed by atoms with Crippen LogP contribution < -0.4 is 0 Å². The minimum Gasteiger partial charge on any atom is -0.464 e. The van der Waals surface area contributed by atoms with Crippen LogP contribution in [0.25, 0.3) is 0 Å². The number of methoxy groups -OCH3 is 1. The highest BCUT2D eigenvalue weighted by atomic mass is 127. The highest BCUT2D eigenvalue weighted by molar-refractivity contribution is 14.1. The molecular weight excluding hydrogens is 326 g/mol. The highest BCUT2D eigenvalue weighted by Gasteiger charge is 2.21. The zero-order chi connectivity index (χ0) is 11.6. The number of carbonyl (C=O) groups excluding carboxylic acids is 1. The van der Waals surface area contributed by atoms with Gasteiger partial charge in [0.05, 0.1) is 12.7 Å². The molecule has 0 N–H and O–H groups in total. The second-order valence-electron chi connectivity index (χ2n) is 2.49. The molecule has 0 atom stereocenters. The van der Waals surface area contributed by atoms with E-state index in [9.17, 15) is 18.0 Å². The summed E-state index contributed by atoms with van der Waals surface area (Å²) >= 11 is 1.44. The third-order valence-corrected chi connectivity index (χ3v) is 2.40. The molecule has 0 saturated carbocycles. The van der Waals surface area contributed by atoms with Crippen LogP contribution in [0.2, 0.25) is 0 Å². The Balaban J connectivity index is 3.25. The van der Waals surface area contributed by atoms with Gasteiger partial charge >= 0.3 is 5.97 Å². The van der Waals surface area contributed by atoms with Gasteiger partial charge in [0.25, 0.3) is 6.43 Å². The van der Waals surface area contributed by atoms with Crippen LogP contribution in [0.4, 0.5) is 13.2 Å². The molecule has 0 spiro atoms. The topological polar surface area (TPSA) is 39.2 Å². The maximum atomic E-state index is 13.1. The summed E-state index contributed by atoms with van der Waals surface area (Å²) < 4.78 is 41.8. The largest absolute Gasteiger partial charge is 0.464 e. The van der Waals surface area contributed by atoms with E-state index in [1.165, 1.54) is 22.6 Å². The first-order valence-electron chi connectivity index (χ1n) is 3.69. The van der Waals surface area contributed by atoms with Crippen molar-refractivity contribution in [2.75, 3.05) is 7.11 Å². The summed E-state index contributed by atoms with van der Waals surface area (Å²) in [5.41, 5.74) is -1.13. The lowest BCUT2D eigenvalue weighted by atomic mass is 10.2. The van der Waals surface area contributed by atoms with Gasteiger partial charge in [-0.25, -0.2) is 22.9 Å². The number of esters is 1. The number of carbonyl (C=O) groups is 1. The number of hydrogen-bond donors (Lipinski definition) is 0. The Bertz CT molecular complexity index is 374. The van der Waals surface area contributed by atoms with Gasteiger partial charge in [-0.1, -0.05) is 0 Å². The predicted molar refractivity (Wildman–Crippen MR) is 53.2 cm³/mol. The van der Waals surface area contributed by atoms with E-state index in [0.717, 1.165) is 7.11 Å². The second-order valence-corrected chi connectivity index (χ2v) is 3.51. The monoisotopic (exact) mass is 331 g/mol. The molecular formula is C8H5F3INO2. The first-order valence-corrected chi connectivity index (χ1v) is 4.77. The van der Waals surface area contributed by atoms with Crippen LogP contribution >= 0.6 is 22.6 Å². The Morgan fingerprint density at radius 1 is 1.60 bits per heavy atom. The average Bonchev–Trinajstić information content (AvgIpc) is 2.14. The van der Waals surface area contributed by atoms with Gasteiger partial charge in [-0.15, -0.1) is 0 Å². The van der Waals surface area contributed by atoms with Gasteiger partial charge in [0, 0.05) is 6.07 Å². The Kier molecular flexibility index (Phi) is 3.89. The summed E-state index contributed by atoms with van der Waals surface area (Å²) in [7, 11) is 1.09. The van der Waals surface area contributed by atoms with Crippen LogP contribution in [0.5, 0.6) is 0 Å². The van der Waals surface area contributed by atoms with Crippen molar-refractivity contribution in [3.8, 4) is 0 Å². The zero-order valence-electron chi connectivity index (χ0n) is 7.43. The molecule has 0 aliphatic rings. The van der Waals surface area contributed by atoms with Gasteiger partial charge in [-0.3, -0.25) is 0 Å². The summed E-state index contributed by atoms with van der Waals surface area (Å²) in [5.74, 6) is -2.03. The fourth-order valence-corrected chi connectivity index (χ4v) is 1.65. The molecule has 0 saturated heterocycles. The number of pyridine rings is 1. The van der Waals surface area contributed by atoms with E-state index in [-0.39, 0.29) is 9.39 Å². The Hall–Kier alpha value is -0.860. The molecule has 1 aromatic heterocycles. The quantitative estimate of drug-likeness (QED) is 0.475. The minimum absolute atomic E-state index is 0.247. The molecule has 15 heavy (non-hydrogen) atoms. The van der Waals surface area contributed by atoms with Crippen LogP contribution in [-0.4, -0.2) is 18.1 Å². The van der Waals surface area contributed by atoms with Gasteiger partial charge in [-0.2, -0.15) is 0 Å². The minimum atomic E-state index is -2.96. The maximum absolute atomic E-state index is 13.1. The molecule has 1 aromatic rings. The molecule has 3 nitrogen and oxygen atoms in total. The lowest BCUT2D eigenvalue weighted by molar-refractivity contribution is 0.0592. The van der Waals surface area contributed by atoms with Crippen molar-refractivity contribution in [1.29, 1.82) is 0 Å². The van der Waals surface area contributed by atoms with Gasteiger partial charge < -0.3 is 4.74 Å². The number of rotatable bonds is 2. The molecule has 7 heteroatoms. The SMILES string of the molecule is COC(=O)c1cc(F)c(C(F)F)c(I)n1. The number of hydrogen-bond acceptors (Lipinski definition) is 3. The van der Waals surface area contributed by atoms with E-state index in [1.807, 2.05) is 0 Å². The molecule has 0 unspecified atom stereocenters. The number of halogens is 4. The summed E-state index contributed by atoms with van der Waals surface area (Å²) in [6.07, 6.45) is -2.96.